The molecule has 0 spiro atoms. The maximum absolute atomic E-state index is 2.44. The molecular formula is C18H40Si2. The van der Waals surface area contributed by atoms with Crippen molar-refractivity contribution in [3.63, 3.8) is 0 Å². The van der Waals surface area contributed by atoms with E-state index in [4.69, 9.17) is 0 Å². The lowest BCUT2D eigenvalue weighted by molar-refractivity contribution is 0.547. The fourth-order valence-corrected chi connectivity index (χ4v) is 4.64. The Morgan fingerprint density at radius 1 is 0.350 bits per heavy atom. The monoisotopic (exact) mass is 312 g/mol. The standard InChI is InChI=1S/C18H40Si2/c1-19(2)17-15-13-11-9-7-5-6-8-10-12-14-16-18-20(3)4/h5-18H2,1-4H3. The van der Waals surface area contributed by atoms with E-state index in [0.717, 1.165) is 0 Å². The third-order valence-corrected chi connectivity index (χ3v) is 6.81. The minimum atomic E-state index is 0.0482. The first-order chi connectivity index (χ1) is 9.63. The molecule has 0 nitrogen and oxygen atoms in total. The Hall–Kier alpha value is 0.434. The van der Waals surface area contributed by atoms with Crippen molar-refractivity contribution in [2.24, 2.45) is 0 Å². The van der Waals surface area contributed by atoms with Gasteiger partial charge in [-0.15, -0.1) is 0 Å². The van der Waals surface area contributed by atoms with Crippen LogP contribution < -0.4 is 0 Å². The predicted molar refractivity (Wildman–Crippen MR) is 100.0 cm³/mol. The molecule has 0 aromatic carbocycles. The van der Waals surface area contributed by atoms with Gasteiger partial charge in [0, 0.05) is 17.6 Å². The summed E-state index contributed by atoms with van der Waals surface area (Å²) in [6, 6.07) is 3.06. The predicted octanol–water partition coefficient (Wildman–Crippen LogP) is 7.18. The summed E-state index contributed by atoms with van der Waals surface area (Å²) in [7, 11) is 0.0965. The Morgan fingerprint density at radius 2 is 0.550 bits per heavy atom. The zero-order chi connectivity index (χ0) is 15.1. The summed E-state index contributed by atoms with van der Waals surface area (Å²) in [6.45, 7) is 9.76. The summed E-state index contributed by atoms with van der Waals surface area (Å²) in [6.07, 6.45) is 17.9. The molecule has 20 heavy (non-hydrogen) atoms. The highest BCUT2D eigenvalue weighted by molar-refractivity contribution is 6.55. The second-order valence-electron chi connectivity index (χ2n) is 7.16. The second kappa shape index (κ2) is 15.8. The van der Waals surface area contributed by atoms with E-state index in [1.165, 1.54) is 89.1 Å². The highest BCUT2D eigenvalue weighted by atomic mass is 28.3. The summed E-state index contributed by atoms with van der Waals surface area (Å²) in [4.78, 5) is 0. The van der Waals surface area contributed by atoms with Crippen LogP contribution in [0.2, 0.25) is 38.3 Å². The quantitative estimate of drug-likeness (QED) is 0.222. The summed E-state index contributed by atoms with van der Waals surface area (Å²) in [5.74, 6) is 0. The van der Waals surface area contributed by atoms with E-state index in [-0.39, 0.29) is 17.6 Å². The zero-order valence-electron chi connectivity index (χ0n) is 14.9. The Bertz CT molecular complexity index is 158. The van der Waals surface area contributed by atoms with Crippen LogP contribution in [0.25, 0.3) is 0 Å². The number of rotatable bonds is 15. The first-order valence-corrected chi connectivity index (χ1v) is 14.6. The van der Waals surface area contributed by atoms with Crippen LogP contribution in [0.4, 0.5) is 0 Å². The van der Waals surface area contributed by atoms with Crippen molar-refractivity contribution in [1.82, 2.24) is 0 Å². The summed E-state index contributed by atoms with van der Waals surface area (Å²) >= 11 is 0. The molecule has 120 valence electrons. The first-order valence-electron chi connectivity index (χ1n) is 9.21. The van der Waals surface area contributed by atoms with Crippen LogP contribution in [0, 0.1) is 0 Å². The average molecular weight is 313 g/mol. The third-order valence-electron chi connectivity index (χ3n) is 4.10. The molecule has 0 amide bonds. The molecule has 0 unspecified atom stereocenters. The number of hydrogen-bond acceptors (Lipinski definition) is 0. The Morgan fingerprint density at radius 3 is 0.750 bits per heavy atom. The van der Waals surface area contributed by atoms with Gasteiger partial charge in [0.25, 0.3) is 0 Å². The lowest BCUT2D eigenvalue weighted by Crippen LogP contribution is -1.97. The van der Waals surface area contributed by atoms with E-state index in [2.05, 4.69) is 26.2 Å². The zero-order valence-corrected chi connectivity index (χ0v) is 16.9. The van der Waals surface area contributed by atoms with Gasteiger partial charge in [-0.2, -0.15) is 0 Å². The Balaban J connectivity index is 2.96. The highest BCUT2D eigenvalue weighted by Crippen LogP contribution is 2.13. The fourth-order valence-electron chi connectivity index (χ4n) is 2.72. The first kappa shape index (κ1) is 20.4. The molecule has 0 aromatic heterocycles. The van der Waals surface area contributed by atoms with E-state index < -0.39 is 0 Å². The lowest BCUT2D eigenvalue weighted by atomic mass is 10.1. The van der Waals surface area contributed by atoms with Gasteiger partial charge in [0.2, 0.25) is 0 Å². The fraction of sp³-hybridized carbons (Fsp3) is 1.00. The molecule has 0 aliphatic carbocycles. The minimum absolute atomic E-state index is 0.0482. The molecule has 0 saturated heterocycles. The third kappa shape index (κ3) is 18.4. The van der Waals surface area contributed by atoms with Crippen LogP contribution in [0.1, 0.15) is 77.0 Å². The van der Waals surface area contributed by atoms with Crippen LogP contribution in [-0.2, 0) is 0 Å². The van der Waals surface area contributed by atoms with E-state index >= 15 is 0 Å². The Labute approximate surface area is 133 Å². The molecule has 0 aliphatic rings. The number of unbranched alkanes of at least 4 members (excludes halogenated alkanes) is 11. The molecule has 0 rings (SSSR count). The van der Waals surface area contributed by atoms with Gasteiger partial charge in [0.1, 0.15) is 0 Å². The van der Waals surface area contributed by atoms with E-state index in [1.807, 2.05) is 0 Å². The van der Waals surface area contributed by atoms with Gasteiger partial charge < -0.3 is 0 Å². The minimum Gasteiger partial charge on any atom is -0.0713 e. The molecular weight excluding hydrogens is 272 g/mol. The molecule has 2 radical (unpaired) electrons. The Kier molecular flexibility index (Phi) is 16.2. The smallest absolute Gasteiger partial charge is 0.0412 e. The molecule has 0 aromatic rings. The van der Waals surface area contributed by atoms with Gasteiger partial charge >= 0.3 is 0 Å². The molecule has 0 aliphatic heterocycles. The van der Waals surface area contributed by atoms with Crippen LogP contribution in [0.3, 0.4) is 0 Å². The van der Waals surface area contributed by atoms with Gasteiger partial charge in [-0.3, -0.25) is 0 Å². The lowest BCUT2D eigenvalue weighted by Gasteiger charge is -2.04. The van der Waals surface area contributed by atoms with Gasteiger partial charge in [-0.05, 0) is 0 Å². The highest BCUT2D eigenvalue weighted by Gasteiger charge is 1.97. The topological polar surface area (TPSA) is 0 Å². The number of hydrogen-bond donors (Lipinski definition) is 0. The molecule has 0 bridgehead atoms. The summed E-state index contributed by atoms with van der Waals surface area (Å²) in [5.41, 5.74) is 0. The van der Waals surface area contributed by atoms with Crippen molar-refractivity contribution in [2.75, 3.05) is 0 Å². The van der Waals surface area contributed by atoms with Gasteiger partial charge in [-0.25, -0.2) is 0 Å². The second-order valence-corrected chi connectivity index (χ2v) is 13.0. The van der Waals surface area contributed by atoms with Crippen molar-refractivity contribution in [2.45, 2.75) is 115 Å². The maximum Gasteiger partial charge on any atom is 0.0412 e. The average Bonchev–Trinajstić information content (AvgIpc) is 2.38. The maximum atomic E-state index is 2.44. The van der Waals surface area contributed by atoms with Gasteiger partial charge in [0.15, 0.2) is 0 Å². The largest absolute Gasteiger partial charge is 0.0713 e. The van der Waals surface area contributed by atoms with E-state index in [0.29, 0.717) is 0 Å². The molecule has 2 heteroatoms. The van der Waals surface area contributed by atoms with Crippen molar-refractivity contribution in [3.05, 3.63) is 0 Å². The van der Waals surface area contributed by atoms with E-state index in [1.54, 1.807) is 0 Å². The van der Waals surface area contributed by atoms with Crippen LogP contribution in [-0.4, -0.2) is 17.6 Å². The SMILES string of the molecule is C[Si](C)CCCCCCCCCCCCCC[Si](C)C. The summed E-state index contributed by atoms with van der Waals surface area (Å²) in [5, 5.41) is 0. The van der Waals surface area contributed by atoms with Gasteiger partial charge in [-0.1, -0.05) is 115 Å². The van der Waals surface area contributed by atoms with Crippen molar-refractivity contribution >= 4 is 17.6 Å². The molecule has 0 saturated carbocycles. The normalized spacial score (nSPS) is 11.7. The van der Waals surface area contributed by atoms with Crippen LogP contribution in [0.5, 0.6) is 0 Å². The molecule has 0 N–H and O–H groups in total. The van der Waals surface area contributed by atoms with Crippen molar-refractivity contribution in [3.8, 4) is 0 Å². The van der Waals surface area contributed by atoms with E-state index in [9.17, 15) is 0 Å². The van der Waals surface area contributed by atoms with Gasteiger partial charge in [0.05, 0.1) is 0 Å². The molecule has 0 fully saturated rings. The van der Waals surface area contributed by atoms with Crippen molar-refractivity contribution < 1.29 is 0 Å². The molecule has 0 heterocycles. The van der Waals surface area contributed by atoms with Crippen LogP contribution in [0.15, 0.2) is 0 Å². The molecule has 0 atom stereocenters. The summed E-state index contributed by atoms with van der Waals surface area (Å²) < 4.78 is 0. The van der Waals surface area contributed by atoms with Crippen LogP contribution >= 0.6 is 0 Å². The van der Waals surface area contributed by atoms with Crippen molar-refractivity contribution in [1.29, 1.82) is 0 Å².